The van der Waals surface area contributed by atoms with Gasteiger partial charge in [0.2, 0.25) is 10.0 Å². The molecule has 0 aliphatic carbocycles. The molecule has 0 fully saturated rings. The summed E-state index contributed by atoms with van der Waals surface area (Å²) < 4.78 is 28.2. The van der Waals surface area contributed by atoms with Gasteiger partial charge in [0, 0.05) is 17.7 Å². The van der Waals surface area contributed by atoms with Gasteiger partial charge >= 0.3 is 0 Å². The van der Waals surface area contributed by atoms with Gasteiger partial charge in [0.05, 0.1) is 4.90 Å². The summed E-state index contributed by atoms with van der Waals surface area (Å²) in [5.74, 6) is 6.04. The fraction of sp³-hybridized carbons (Fsp3) is 0.0909. The van der Waals surface area contributed by atoms with E-state index in [1.54, 1.807) is 18.2 Å². The highest BCUT2D eigenvalue weighted by Gasteiger charge is 2.17. The van der Waals surface area contributed by atoms with Crippen molar-refractivity contribution < 1.29 is 8.42 Å². The predicted molar refractivity (Wildman–Crippen MR) is 104 cm³/mol. The Labute approximate surface area is 154 Å². The average molecular weight is 361 g/mol. The molecule has 1 N–H and O–H groups in total. The molecule has 3 rings (SSSR count). The third-order valence-corrected chi connectivity index (χ3v) is 5.31. The fourth-order valence-corrected chi connectivity index (χ4v) is 3.65. The first-order chi connectivity index (χ1) is 12.5. The highest BCUT2D eigenvalue weighted by Crippen LogP contribution is 2.17. The van der Waals surface area contributed by atoms with Crippen molar-refractivity contribution in [2.45, 2.75) is 18.4 Å². The van der Waals surface area contributed by atoms with Crippen molar-refractivity contribution in [1.29, 1.82) is 0 Å². The van der Waals surface area contributed by atoms with Gasteiger partial charge in [-0.3, -0.25) is 0 Å². The largest absolute Gasteiger partial charge is 0.242 e. The fourth-order valence-electron chi connectivity index (χ4n) is 2.49. The van der Waals surface area contributed by atoms with Gasteiger partial charge < -0.3 is 0 Å². The van der Waals surface area contributed by atoms with Gasteiger partial charge in [0.25, 0.3) is 0 Å². The molecular formula is C22H19NO2S. The maximum absolute atomic E-state index is 12.8. The molecule has 3 nitrogen and oxygen atoms in total. The zero-order valence-corrected chi connectivity index (χ0v) is 15.3. The molecule has 0 radical (unpaired) electrons. The number of hydrogen-bond acceptors (Lipinski definition) is 2. The van der Waals surface area contributed by atoms with Crippen LogP contribution < -0.4 is 4.72 Å². The summed E-state index contributed by atoms with van der Waals surface area (Å²) in [5.41, 5.74) is 3.20. The van der Waals surface area contributed by atoms with Crippen molar-refractivity contribution in [3.63, 3.8) is 0 Å². The lowest BCUT2D eigenvalue weighted by molar-refractivity contribution is 0.581. The zero-order valence-electron chi connectivity index (χ0n) is 14.4. The van der Waals surface area contributed by atoms with Gasteiger partial charge in [-0.15, -0.1) is 0 Å². The first-order valence-corrected chi connectivity index (χ1v) is 9.74. The Morgan fingerprint density at radius 1 is 0.846 bits per heavy atom. The number of hydrogen-bond donors (Lipinski definition) is 1. The summed E-state index contributed by atoms with van der Waals surface area (Å²) in [6, 6.07) is 24.1. The Hall–Kier alpha value is -2.87. The molecule has 0 atom stereocenters. The monoisotopic (exact) mass is 361 g/mol. The standard InChI is InChI=1S/C22H19NO2S/c1-18-12-15-22(21(16-18)14-13-19-8-4-2-5-9-19)26(24,25)23-17-20-10-6-3-7-11-20/h2-12,15-16,23H,17H2,1H3. The molecule has 0 spiro atoms. The predicted octanol–water partition coefficient (Wildman–Crippen LogP) is 3.87. The lowest BCUT2D eigenvalue weighted by atomic mass is 10.1. The van der Waals surface area contributed by atoms with E-state index in [9.17, 15) is 8.42 Å². The number of rotatable bonds is 4. The zero-order chi connectivity index (χ0) is 18.4. The highest BCUT2D eigenvalue weighted by atomic mass is 32.2. The molecule has 0 bridgehead atoms. The molecule has 3 aromatic carbocycles. The van der Waals surface area contributed by atoms with Crippen LogP contribution in [0.4, 0.5) is 0 Å². The van der Waals surface area contributed by atoms with Crippen LogP contribution in [0, 0.1) is 18.8 Å². The molecule has 0 saturated carbocycles. The van der Waals surface area contributed by atoms with Crippen molar-refractivity contribution in [1.82, 2.24) is 4.72 Å². The Kier molecular flexibility index (Phi) is 5.52. The van der Waals surface area contributed by atoms with Crippen molar-refractivity contribution in [3.8, 4) is 11.8 Å². The van der Waals surface area contributed by atoms with Crippen LogP contribution >= 0.6 is 0 Å². The number of nitrogens with one attached hydrogen (secondary N) is 1. The second kappa shape index (κ2) is 8.01. The summed E-state index contributed by atoms with van der Waals surface area (Å²) in [7, 11) is -3.66. The minimum atomic E-state index is -3.66. The van der Waals surface area contributed by atoms with Crippen molar-refractivity contribution in [2.24, 2.45) is 0 Å². The topological polar surface area (TPSA) is 46.2 Å². The van der Waals surface area contributed by atoms with Crippen LogP contribution in [0.25, 0.3) is 0 Å². The molecular weight excluding hydrogens is 342 g/mol. The molecule has 26 heavy (non-hydrogen) atoms. The van der Waals surface area contributed by atoms with Crippen LogP contribution in [0.15, 0.2) is 83.8 Å². The Morgan fingerprint density at radius 2 is 1.50 bits per heavy atom. The minimum Gasteiger partial charge on any atom is -0.207 e. The Bertz CT molecular complexity index is 1050. The summed E-state index contributed by atoms with van der Waals surface area (Å²) in [6.07, 6.45) is 0. The third-order valence-electron chi connectivity index (χ3n) is 3.85. The second-order valence-corrected chi connectivity index (χ2v) is 7.66. The van der Waals surface area contributed by atoms with Gasteiger partial charge in [0.1, 0.15) is 0 Å². The van der Waals surface area contributed by atoms with Crippen LogP contribution in [0.3, 0.4) is 0 Å². The molecule has 0 aromatic heterocycles. The lowest BCUT2D eigenvalue weighted by Crippen LogP contribution is -2.24. The SMILES string of the molecule is Cc1ccc(S(=O)(=O)NCc2ccccc2)c(C#Cc2ccccc2)c1. The molecule has 0 unspecified atom stereocenters. The Balaban J connectivity index is 1.90. The first kappa shape index (κ1) is 17.9. The smallest absolute Gasteiger partial charge is 0.207 e. The van der Waals surface area contributed by atoms with Crippen LogP contribution in [0.1, 0.15) is 22.3 Å². The van der Waals surface area contributed by atoms with Crippen LogP contribution in [0.5, 0.6) is 0 Å². The molecule has 0 aliphatic rings. The quantitative estimate of drug-likeness (QED) is 0.717. The second-order valence-electron chi connectivity index (χ2n) is 5.93. The van der Waals surface area contributed by atoms with E-state index in [2.05, 4.69) is 16.6 Å². The van der Waals surface area contributed by atoms with E-state index in [0.29, 0.717) is 5.56 Å². The van der Waals surface area contributed by atoms with Crippen molar-refractivity contribution in [2.75, 3.05) is 0 Å². The maximum Gasteiger partial charge on any atom is 0.242 e. The van der Waals surface area contributed by atoms with Gasteiger partial charge in [-0.25, -0.2) is 13.1 Å². The lowest BCUT2D eigenvalue weighted by Gasteiger charge is -2.09. The van der Waals surface area contributed by atoms with Gasteiger partial charge in [-0.05, 0) is 42.3 Å². The number of aryl methyl sites for hydroxylation is 1. The molecule has 130 valence electrons. The molecule has 0 amide bonds. The number of sulfonamides is 1. The molecule has 4 heteroatoms. The normalized spacial score (nSPS) is 10.8. The summed E-state index contributed by atoms with van der Waals surface area (Å²) in [5, 5.41) is 0. The van der Waals surface area contributed by atoms with Crippen molar-refractivity contribution >= 4 is 10.0 Å². The van der Waals surface area contributed by atoms with Crippen LogP contribution in [-0.4, -0.2) is 8.42 Å². The molecule has 0 saturated heterocycles. The van der Waals surface area contributed by atoms with E-state index < -0.39 is 10.0 Å². The van der Waals surface area contributed by atoms with E-state index in [0.717, 1.165) is 16.7 Å². The van der Waals surface area contributed by atoms with Crippen LogP contribution in [-0.2, 0) is 16.6 Å². The van der Waals surface area contributed by atoms with Gasteiger partial charge in [-0.1, -0.05) is 66.4 Å². The molecule has 0 aliphatic heterocycles. The van der Waals surface area contributed by atoms with Gasteiger partial charge in [0.15, 0.2) is 0 Å². The summed E-state index contributed by atoms with van der Waals surface area (Å²) in [6.45, 7) is 2.16. The minimum absolute atomic E-state index is 0.197. The molecule has 0 heterocycles. The van der Waals surface area contributed by atoms with E-state index in [4.69, 9.17) is 0 Å². The third kappa shape index (κ3) is 4.60. The first-order valence-electron chi connectivity index (χ1n) is 8.26. The van der Waals surface area contributed by atoms with Gasteiger partial charge in [-0.2, -0.15) is 0 Å². The Morgan fingerprint density at radius 3 is 2.19 bits per heavy atom. The summed E-state index contributed by atoms with van der Waals surface area (Å²) in [4.78, 5) is 0.197. The van der Waals surface area contributed by atoms with E-state index >= 15 is 0 Å². The van der Waals surface area contributed by atoms with Crippen LogP contribution in [0.2, 0.25) is 0 Å². The number of benzene rings is 3. The summed E-state index contributed by atoms with van der Waals surface area (Å²) >= 11 is 0. The van der Waals surface area contributed by atoms with Crippen molar-refractivity contribution in [3.05, 3.63) is 101 Å². The maximum atomic E-state index is 12.8. The van der Waals surface area contributed by atoms with E-state index in [1.165, 1.54) is 0 Å². The van der Waals surface area contributed by atoms with E-state index in [1.807, 2.05) is 67.6 Å². The average Bonchev–Trinajstić information content (AvgIpc) is 2.66. The van der Waals surface area contributed by atoms with E-state index in [-0.39, 0.29) is 11.4 Å². The highest BCUT2D eigenvalue weighted by molar-refractivity contribution is 7.89. The molecule has 3 aromatic rings.